The summed E-state index contributed by atoms with van der Waals surface area (Å²) < 4.78 is 32.5. The lowest BCUT2D eigenvalue weighted by atomic mass is 10.1. The summed E-state index contributed by atoms with van der Waals surface area (Å²) in [6, 6.07) is 14.3. The Kier molecular flexibility index (Phi) is 7.81. The summed E-state index contributed by atoms with van der Waals surface area (Å²) in [5, 5.41) is 2.61. The van der Waals surface area contributed by atoms with Gasteiger partial charge >= 0.3 is 5.97 Å². The number of hydrogen-bond donors (Lipinski definition) is 1. The van der Waals surface area contributed by atoms with Crippen LogP contribution < -0.4 is 5.32 Å². The van der Waals surface area contributed by atoms with E-state index in [-0.39, 0.29) is 11.3 Å². The Labute approximate surface area is 183 Å². The number of benzene rings is 2. The highest BCUT2D eigenvalue weighted by atomic mass is 32.2. The Morgan fingerprint density at radius 2 is 1.74 bits per heavy atom. The van der Waals surface area contributed by atoms with Crippen molar-refractivity contribution in [2.45, 2.75) is 43.9 Å². The molecule has 7 nitrogen and oxygen atoms in total. The SMILES string of the molecule is Cc1ccc(NC(=O)COC(=O)CCc2ccccc2)cc1S(=O)(=O)N1CCCCC1. The number of carbonyl (C=O) groups is 2. The molecule has 0 saturated carbocycles. The van der Waals surface area contributed by atoms with Gasteiger partial charge < -0.3 is 10.1 Å². The fourth-order valence-electron chi connectivity index (χ4n) is 3.51. The Bertz CT molecular complexity index is 1020. The van der Waals surface area contributed by atoms with E-state index in [9.17, 15) is 18.0 Å². The van der Waals surface area contributed by atoms with Gasteiger partial charge in [0.05, 0.1) is 4.90 Å². The maximum atomic E-state index is 13.0. The molecule has 1 fully saturated rings. The lowest BCUT2D eigenvalue weighted by molar-refractivity contribution is -0.147. The van der Waals surface area contributed by atoms with Crippen LogP contribution in [0.4, 0.5) is 5.69 Å². The van der Waals surface area contributed by atoms with Crippen LogP contribution in [0.25, 0.3) is 0 Å². The number of hydrogen-bond acceptors (Lipinski definition) is 5. The number of carbonyl (C=O) groups excluding carboxylic acids is 2. The molecule has 8 heteroatoms. The molecule has 0 radical (unpaired) electrons. The predicted molar refractivity (Wildman–Crippen MR) is 118 cm³/mol. The first-order valence-corrected chi connectivity index (χ1v) is 11.9. The lowest BCUT2D eigenvalue weighted by Gasteiger charge is -2.26. The van der Waals surface area contributed by atoms with Gasteiger partial charge in [0.15, 0.2) is 6.61 Å². The van der Waals surface area contributed by atoms with E-state index in [4.69, 9.17) is 4.74 Å². The molecule has 2 aromatic rings. The molecule has 31 heavy (non-hydrogen) atoms. The molecule has 0 aromatic heterocycles. The normalized spacial score (nSPS) is 14.7. The minimum absolute atomic E-state index is 0.181. The molecule has 0 unspecified atom stereocenters. The number of sulfonamides is 1. The van der Waals surface area contributed by atoms with Crippen molar-refractivity contribution in [3.05, 3.63) is 59.7 Å². The van der Waals surface area contributed by atoms with Crippen LogP contribution in [0, 0.1) is 6.92 Å². The third-order valence-electron chi connectivity index (χ3n) is 5.23. The summed E-state index contributed by atoms with van der Waals surface area (Å²) in [5.41, 5.74) is 1.99. The number of rotatable bonds is 8. The molecule has 0 spiro atoms. The largest absolute Gasteiger partial charge is 0.456 e. The smallest absolute Gasteiger partial charge is 0.306 e. The van der Waals surface area contributed by atoms with E-state index in [1.165, 1.54) is 10.4 Å². The van der Waals surface area contributed by atoms with E-state index in [1.54, 1.807) is 19.1 Å². The second kappa shape index (κ2) is 10.5. The van der Waals surface area contributed by atoms with Gasteiger partial charge in [-0.2, -0.15) is 4.31 Å². The molecule has 0 aliphatic carbocycles. The molecule has 1 saturated heterocycles. The standard InChI is InChI=1S/C23H28N2O5S/c1-18-10-12-20(16-21(18)31(28,29)25-14-6-3-7-15-25)24-22(26)17-30-23(27)13-11-19-8-4-2-5-9-19/h2,4-5,8-10,12,16H,3,6-7,11,13-15,17H2,1H3,(H,24,26). The predicted octanol–water partition coefficient (Wildman–Crippen LogP) is 3.28. The average Bonchev–Trinajstić information content (AvgIpc) is 2.78. The molecule has 1 aliphatic heterocycles. The summed E-state index contributed by atoms with van der Waals surface area (Å²) in [7, 11) is -3.61. The van der Waals surface area contributed by atoms with Gasteiger partial charge in [0.1, 0.15) is 0 Å². The van der Waals surface area contributed by atoms with Crippen molar-refractivity contribution in [1.29, 1.82) is 0 Å². The van der Waals surface area contributed by atoms with Crippen LogP contribution in [0.5, 0.6) is 0 Å². The highest BCUT2D eigenvalue weighted by Crippen LogP contribution is 2.26. The zero-order valence-electron chi connectivity index (χ0n) is 17.7. The number of amides is 1. The van der Waals surface area contributed by atoms with Crippen LogP contribution in [0.1, 0.15) is 36.8 Å². The highest BCUT2D eigenvalue weighted by Gasteiger charge is 2.27. The average molecular weight is 445 g/mol. The first-order valence-electron chi connectivity index (χ1n) is 10.5. The van der Waals surface area contributed by atoms with Gasteiger partial charge in [0.2, 0.25) is 10.0 Å². The van der Waals surface area contributed by atoms with Crippen LogP contribution >= 0.6 is 0 Å². The number of esters is 1. The Hall–Kier alpha value is -2.71. The molecule has 3 rings (SSSR count). The molecule has 1 heterocycles. The van der Waals surface area contributed by atoms with Crippen molar-refractivity contribution in [2.24, 2.45) is 0 Å². The third kappa shape index (κ3) is 6.38. The van der Waals surface area contributed by atoms with Gasteiger partial charge in [-0.1, -0.05) is 42.8 Å². The van der Waals surface area contributed by atoms with Crippen molar-refractivity contribution in [3.8, 4) is 0 Å². The molecule has 1 N–H and O–H groups in total. The van der Waals surface area contributed by atoms with Crippen LogP contribution in [0.3, 0.4) is 0 Å². The monoisotopic (exact) mass is 444 g/mol. The number of ether oxygens (including phenoxy) is 1. The van der Waals surface area contributed by atoms with Crippen LogP contribution in [-0.2, 0) is 30.8 Å². The molecule has 0 bridgehead atoms. The van der Waals surface area contributed by atoms with Gasteiger partial charge in [-0.05, 0) is 49.4 Å². The fourth-order valence-corrected chi connectivity index (χ4v) is 5.27. The summed E-state index contributed by atoms with van der Waals surface area (Å²) in [5.74, 6) is -0.977. The van der Waals surface area contributed by atoms with E-state index in [0.717, 1.165) is 24.8 Å². The number of piperidine rings is 1. The summed E-state index contributed by atoms with van der Waals surface area (Å²) >= 11 is 0. The van der Waals surface area contributed by atoms with Gasteiger partial charge in [-0.15, -0.1) is 0 Å². The summed E-state index contributed by atoms with van der Waals surface area (Å²) in [4.78, 5) is 24.3. The van der Waals surface area contributed by atoms with Crippen molar-refractivity contribution < 1.29 is 22.7 Å². The number of nitrogens with zero attached hydrogens (tertiary/aromatic N) is 1. The minimum Gasteiger partial charge on any atom is -0.456 e. The Balaban J connectivity index is 1.55. The number of nitrogens with one attached hydrogen (secondary N) is 1. The van der Waals surface area contributed by atoms with Gasteiger partial charge in [-0.3, -0.25) is 9.59 Å². The van der Waals surface area contributed by atoms with Crippen molar-refractivity contribution in [2.75, 3.05) is 25.0 Å². The zero-order valence-corrected chi connectivity index (χ0v) is 18.5. The minimum atomic E-state index is -3.61. The van der Waals surface area contributed by atoms with Crippen molar-refractivity contribution >= 4 is 27.6 Å². The zero-order chi connectivity index (χ0) is 22.3. The summed E-state index contributed by atoms with van der Waals surface area (Å²) in [6.07, 6.45) is 3.46. The first-order chi connectivity index (χ1) is 14.9. The topological polar surface area (TPSA) is 92.8 Å². The molecular formula is C23H28N2O5S. The highest BCUT2D eigenvalue weighted by molar-refractivity contribution is 7.89. The van der Waals surface area contributed by atoms with E-state index in [1.807, 2.05) is 30.3 Å². The molecule has 1 aliphatic rings. The van der Waals surface area contributed by atoms with Crippen molar-refractivity contribution in [3.63, 3.8) is 0 Å². The van der Waals surface area contributed by atoms with Crippen LogP contribution in [0.2, 0.25) is 0 Å². The fraction of sp³-hybridized carbons (Fsp3) is 0.391. The Morgan fingerprint density at radius 1 is 1.03 bits per heavy atom. The van der Waals surface area contributed by atoms with Crippen LogP contribution in [-0.4, -0.2) is 44.3 Å². The van der Waals surface area contributed by atoms with Crippen molar-refractivity contribution in [1.82, 2.24) is 4.31 Å². The molecule has 166 valence electrons. The van der Waals surface area contributed by atoms with E-state index in [2.05, 4.69) is 5.32 Å². The lowest BCUT2D eigenvalue weighted by Crippen LogP contribution is -2.36. The molecule has 1 amide bonds. The molecule has 0 atom stereocenters. The quantitative estimate of drug-likeness (QED) is 0.631. The second-order valence-electron chi connectivity index (χ2n) is 7.64. The van der Waals surface area contributed by atoms with E-state index < -0.39 is 28.5 Å². The molecule has 2 aromatic carbocycles. The molecular weight excluding hydrogens is 416 g/mol. The Morgan fingerprint density at radius 3 is 2.45 bits per heavy atom. The van der Waals surface area contributed by atoms with Gasteiger partial charge in [-0.25, -0.2) is 8.42 Å². The van der Waals surface area contributed by atoms with Gasteiger partial charge in [0.25, 0.3) is 5.91 Å². The number of aryl methyl sites for hydroxylation is 2. The van der Waals surface area contributed by atoms with E-state index in [0.29, 0.717) is 30.8 Å². The summed E-state index contributed by atoms with van der Waals surface area (Å²) in [6.45, 7) is 2.33. The maximum Gasteiger partial charge on any atom is 0.306 e. The number of anilines is 1. The third-order valence-corrected chi connectivity index (χ3v) is 7.27. The first kappa shape index (κ1) is 23.0. The van der Waals surface area contributed by atoms with Crippen LogP contribution in [0.15, 0.2) is 53.4 Å². The van der Waals surface area contributed by atoms with E-state index >= 15 is 0 Å². The second-order valence-corrected chi connectivity index (χ2v) is 9.55. The van der Waals surface area contributed by atoms with Gasteiger partial charge in [0, 0.05) is 25.2 Å². The maximum absolute atomic E-state index is 13.0.